The summed E-state index contributed by atoms with van der Waals surface area (Å²) in [5.74, 6) is -0.354. The Balaban J connectivity index is 1.48. The molecule has 0 radical (unpaired) electrons. The summed E-state index contributed by atoms with van der Waals surface area (Å²) in [5.41, 5.74) is 2.70. The van der Waals surface area contributed by atoms with Crippen LogP contribution < -0.4 is 10.6 Å². The number of rotatable bonds is 13. The number of nitrogens with zero attached hydrogens (tertiary/aromatic N) is 1. The Bertz CT molecular complexity index is 1310. The fourth-order valence-electron chi connectivity index (χ4n) is 6.08. The molecule has 2 heterocycles. The second kappa shape index (κ2) is 16.5. The van der Waals surface area contributed by atoms with Crippen LogP contribution in [0.15, 0.2) is 48.5 Å². The number of amides is 2. The first-order valence-corrected chi connectivity index (χ1v) is 16.6. The van der Waals surface area contributed by atoms with Gasteiger partial charge in [-0.15, -0.1) is 0 Å². The number of hydrogen-bond donors (Lipinski definition) is 3. The first-order valence-electron chi connectivity index (χ1n) is 16.6. The molecule has 5 atom stereocenters. The summed E-state index contributed by atoms with van der Waals surface area (Å²) >= 11 is 0. The zero-order valence-electron chi connectivity index (χ0n) is 27.9. The number of carbonyl (C=O) groups excluding carboxylic acids is 3. The third-order valence-electron chi connectivity index (χ3n) is 8.48. The summed E-state index contributed by atoms with van der Waals surface area (Å²) in [6, 6.07) is 15.0. The van der Waals surface area contributed by atoms with E-state index in [0.717, 1.165) is 55.3 Å². The molecule has 0 aromatic heterocycles. The lowest BCUT2D eigenvalue weighted by Gasteiger charge is -2.43. The third-order valence-corrected chi connectivity index (χ3v) is 8.48. The SMILES string of the molecule is CC(=O)NCCCCCC(=O)Nc1cccc([C@@H]2O[C@H](CN3CCC[C@H]3C(=O)OC(C)(C)C)[C@H](C)[C@H](c3ccc(CO)cc3)O2)c1. The molecule has 2 fully saturated rings. The maximum Gasteiger partial charge on any atom is 0.323 e. The van der Waals surface area contributed by atoms with Gasteiger partial charge in [-0.3, -0.25) is 19.3 Å². The predicted molar refractivity (Wildman–Crippen MR) is 176 cm³/mol. The highest BCUT2D eigenvalue weighted by atomic mass is 16.7. The van der Waals surface area contributed by atoms with E-state index in [1.807, 2.05) is 69.3 Å². The van der Waals surface area contributed by atoms with Crippen LogP contribution in [0.5, 0.6) is 0 Å². The zero-order valence-corrected chi connectivity index (χ0v) is 27.9. The first-order chi connectivity index (χ1) is 21.9. The Morgan fingerprint density at radius 3 is 2.48 bits per heavy atom. The molecule has 10 heteroatoms. The van der Waals surface area contributed by atoms with Gasteiger partial charge < -0.3 is 30.0 Å². The molecule has 0 bridgehead atoms. The smallest absolute Gasteiger partial charge is 0.323 e. The molecule has 0 spiro atoms. The lowest BCUT2D eigenvalue weighted by molar-refractivity contribution is -0.276. The van der Waals surface area contributed by atoms with Gasteiger partial charge in [0.15, 0.2) is 6.29 Å². The second-order valence-electron chi connectivity index (χ2n) is 13.5. The standard InChI is InChI=1S/C36H51N3O7/c1-24-31(22-39-20-10-13-30(39)34(43)46-36(3,4)5)44-35(45-33(24)27-17-15-26(23-40)16-18-27)28-11-9-12-29(21-28)38-32(42)14-7-6-8-19-37-25(2)41/h9,11-12,15-18,21,24,30-31,33,35,40H,6-8,10,13-14,19-20,22-23H2,1-5H3,(H,37,41)(H,38,42)/t24-,30-,31+,33+,35+/m0/s1. The van der Waals surface area contributed by atoms with Gasteiger partial charge in [-0.25, -0.2) is 0 Å². The lowest BCUT2D eigenvalue weighted by Crippen LogP contribution is -2.48. The average molecular weight is 638 g/mol. The van der Waals surface area contributed by atoms with Crippen LogP contribution in [0.3, 0.4) is 0 Å². The van der Waals surface area contributed by atoms with E-state index in [-0.39, 0.29) is 48.6 Å². The Kier molecular flexibility index (Phi) is 12.7. The van der Waals surface area contributed by atoms with Crippen molar-refractivity contribution in [2.45, 2.75) is 110 Å². The molecule has 0 unspecified atom stereocenters. The van der Waals surface area contributed by atoms with Crippen molar-refractivity contribution in [3.05, 3.63) is 65.2 Å². The maximum atomic E-state index is 13.1. The van der Waals surface area contributed by atoms with E-state index >= 15 is 0 Å². The molecule has 252 valence electrons. The number of hydrogen-bond acceptors (Lipinski definition) is 8. The third kappa shape index (κ3) is 10.4. The van der Waals surface area contributed by atoms with E-state index in [0.29, 0.717) is 25.2 Å². The quantitative estimate of drug-likeness (QED) is 0.197. The van der Waals surface area contributed by atoms with Crippen LogP contribution in [0.2, 0.25) is 0 Å². The van der Waals surface area contributed by atoms with Gasteiger partial charge in [0.1, 0.15) is 11.6 Å². The van der Waals surface area contributed by atoms with E-state index in [2.05, 4.69) is 22.5 Å². The number of benzene rings is 2. The van der Waals surface area contributed by atoms with Crippen LogP contribution in [-0.4, -0.2) is 65.2 Å². The summed E-state index contributed by atoms with van der Waals surface area (Å²) in [6.07, 6.45) is 3.22. The summed E-state index contributed by atoms with van der Waals surface area (Å²) in [7, 11) is 0. The molecule has 46 heavy (non-hydrogen) atoms. The van der Waals surface area contributed by atoms with Crippen LogP contribution in [0, 0.1) is 5.92 Å². The Morgan fingerprint density at radius 2 is 1.78 bits per heavy atom. The molecule has 2 amide bonds. The van der Waals surface area contributed by atoms with Crippen LogP contribution in [0.25, 0.3) is 0 Å². The number of nitrogens with one attached hydrogen (secondary N) is 2. The number of anilines is 1. The highest BCUT2D eigenvalue weighted by molar-refractivity contribution is 5.90. The maximum absolute atomic E-state index is 13.1. The fraction of sp³-hybridized carbons (Fsp3) is 0.583. The number of aliphatic hydroxyl groups is 1. The van der Waals surface area contributed by atoms with Crippen molar-refractivity contribution in [1.29, 1.82) is 0 Å². The minimum absolute atomic E-state index is 0.0354. The van der Waals surface area contributed by atoms with Gasteiger partial charge in [-0.1, -0.05) is 49.7 Å². The molecule has 10 nitrogen and oxygen atoms in total. The first kappa shape index (κ1) is 35.5. The number of carbonyl (C=O) groups is 3. The van der Waals surface area contributed by atoms with Crippen molar-refractivity contribution in [2.75, 3.05) is 25.0 Å². The Labute approximate surface area is 273 Å². The minimum atomic E-state index is -0.697. The van der Waals surface area contributed by atoms with Crippen LogP contribution in [0.4, 0.5) is 5.69 Å². The van der Waals surface area contributed by atoms with Gasteiger partial charge in [0.05, 0.1) is 18.8 Å². The molecule has 4 rings (SSSR count). The predicted octanol–water partition coefficient (Wildman–Crippen LogP) is 5.41. The van der Waals surface area contributed by atoms with Crippen molar-refractivity contribution in [1.82, 2.24) is 10.2 Å². The topological polar surface area (TPSA) is 126 Å². The normalized spacial score (nSPS) is 23.6. The lowest BCUT2D eigenvalue weighted by atomic mass is 9.90. The average Bonchev–Trinajstić information content (AvgIpc) is 3.47. The molecule has 0 saturated carbocycles. The summed E-state index contributed by atoms with van der Waals surface area (Å²) in [4.78, 5) is 39.0. The number of ether oxygens (including phenoxy) is 3. The number of esters is 1. The largest absolute Gasteiger partial charge is 0.459 e. The molecular weight excluding hydrogens is 586 g/mol. The van der Waals surface area contributed by atoms with E-state index in [1.54, 1.807) is 0 Å². The van der Waals surface area contributed by atoms with E-state index in [1.165, 1.54) is 6.92 Å². The Hall–Kier alpha value is -3.31. The molecule has 3 N–H and O–H groups in total. The van der Waals surface area contributed by atoms with Gasteiger partial charge in [0.25, 0.3) is 0 Å². The highest BCUT2D eigenvalue weighted by Crippen LogP contribution is 2.42. The van der Waals surface area contributed by atoms with Gasteiger partial charge in [0, 0.05) is 43.6 Å². The van der Waals surface area contributed by atoms with Crippen molar-refractivity contribution >= 4 is 23.5 Å². The molecular formula is C36H51N3O7. The summed E-state index contributed by atoms with van der Waals surface area (Å²) in [5, 5.41) is 15.3. The molecule has 2 aliphatic heterocycles. The molecule has 2 aromatic rings. The van der Waals surface area contributed by atoms with Crippen molar-refractivity contribution in [3.63, 3.8) is 0 Å². The van der Waals surface area contributed by atoms with Crippen molar-refractivity contribution in [2.24, 2.45) is 5.92 Å². The molecule has 2 aliphatic rings. The number of likely N-dealkylation sites (tertiary alicyclic amines) is 1. The van der Waals surface area contributed by atoms with E-state index in [9.17, 15) is 19.5 Å². The molecule has 2 aromatic carbocycles. The minimum Gasteiger partial charge on any atom is -0.459 e. The van der Waals surface area contributed by atoms with Crippen molar-refractivity contribution < 1.29 is 33.7 Å². The van der Waals surface area contributed by atoms with E-state index in [4.69, 9.17) is 14.2 Å². The Morgan fingerprint density at radius 1 is 1.02 bits per heavy atom. The highest BCUT2D eigenvalue weighted by Gasteiger charge is 2.42. The van der Waals surface area contributed by atoms with Crippen LogP contribution >= 0.6 is 0 Å². The molecule has 2 saturated heterocycles. The van der Waals surface area contributed by atoms with Crippen LogP contribution in [0.1, 0.15) is 102 Å². The van der Waals surface area contributed by atoms with Gasteiger partial charge in [-0.2, -0.15) is 0 Å². The monoisotopic (exact) mass is 637 g/mol. The second-order valence-corrected chi connectivity index (χ2v) is 13.5. The van der Waals surface area contributed by atoms with Gasteiger partial charge in [0.2, 0.25) is 11.8 Å². The number of unbranched alkanes of at least 4 members (excludes halogenated alkanes) is 2. The fourth-order valence-corrected chi connectivity index (χ4v) is 6.08. The number of aliphatic hydroxyl groups excluding tert-OH is 1. The summed E-state index contributed by atoms with van der Waals surface area (Å²) in [6.45, 7) is 11.2. The molecule has 0 aliphatic carbocycles. The van der Waals surface area contributed by atoms with E-state index < -0.39 is 11.9 Å². The van der Waals surface area contributed by atoms with Gasteiger partial charge in [-0.05, 0) is 76.3 Å². The zero-order chi connectivity index (χ0) is 33.3. The van der Waals surface area contributed by atoms with Crippen molar-refractivity contribution in [3.8, 4) is 0 Å². The van der Waals surface area contributed by atoms with Crippen LogP contribution in [-0.2, 0) is 35.2 Å². The summed E-state index contributed by atoms with van der Waals surface area (Å²) < 4.78 is 19.0. The van der Waals surface area contributed by atoms with Gasteiger partial charge >= 0.3 is 5.97 Å².